The van der Waals surface area contributed by atoms with E-state index in [0.29, 0.717) is 11.3 Å². The highest BCUT2D eigenvalue weighted by molar-refractivity contribution is 5.88. The molecule has 0 aliphatic carbocycles. The van der Waals surface area contributed by atoms with Gasteiger partial charge in [0, 0.05) is 61.1 Å². The average molecular weight is 572 g/mol. The standard InChI is InChI=1S/C34H45N5O3/c1-21-18-35-32(36-19-21)39-14-11-24-17-25(9-10-26(24)20-39)27-22(2)37-23(3)28(30(31(40)41)42-33(4,5)6)29(27)38-15-12-34(7,8)13-16-38/h9-10,17-19,30H,11-16,20H2,1-8H3,(H,40,41). The summed E-state index contributed by atoms with van der Waals surface area (Å²) in [5.41, 5.74) is 8.52. The summed E-state index contributed by atoms with van der Waals surface area (Å²) < 4.78 is 6.24. The number of benzene rings is 1. The van der Waals surface area contributed by atoms with E-state index >= 15 is 0 Å². The molecule has 1 atom stereocenters. The number of carboxylic acids is 1. The number of aliphatic carboxylic acids is 1. The third-order valence-corrected chi connectivity index (χ3v) is 8.53. The molecule has 8 nitrogen and oxygen atoms in total. The van der Waals surface area contributed by atoms with Crippen molar-refractivity contribution in [3.05, 3.63) is 64.2 Å². The minimum atomic E-state index is -1.12. The van der Waals surface area contributed by atoms with Gasteiger partial charge in [0.2, 0.25) is 5.95 Å². The van der Waals surface area contributed by atoms with E-state index in [-0.39, 0.29) is 5.41 Å². The Labute approximate surface area is 250 Å². The maximum Gasteiger partial charge on any atom is 0.337 e. The summed E-state index contributed by atoms with van der Waals surface area (Å²) in [5, 5.41) is 10.5. The van der Waals surface area contributed by atoms with Gasteiger partial charge < -0.3 is 19.6 Å². The van der Waals surface area contributed by atoms with Crippen LogP contribution in [0.5, 0.6) is 0 Å². The zero-order valence-electron chi connectivity index (χ0n) is 26.4. The molecule has 1 fully saturated rings. The van der Waals surface area contributed by atoms with Crippen LogP contribution in [0.2, 0.25) is 0 Å². The van der Waals surface area contributed by atoms with Crippen LogP contribution in [0.25, 0.3) is 11.1 Å². The Morgan fingerprint density at radius 2 is 1.64 bits per heavy atom. The van der Waals surface area contributed by atoms with Gasteiger partial charge in [-0.3, -0.25) is 4.98 Å². The lowest BCUT2D eigenvalue weighted by molar-refractivity contribution is -0.160. The van der Waals surface area contributed by atoms with Gasteiger partial charge in [0.15, 0.2) is 6.10 Å². The van der Waals surface area contributed by atoms with Crippen molar-refractivity contribution in [2.24, 2.45) is 5.41 Å². The summed E-state index contributed by atoms with van der Waals surface area (Å²) in [7, 11) is 0. The molecule has 0 saturated carbocycles. The lowest BCUT2D eigenvalue weighted by Crippen LogP contribution is -2.39. The first-order chi connectivity index (χ1) is 19.7. The fourth-order valence-corrected chi connectivity index (χ4v) is 6.18. The smallest absolute Gasteiger partial charge is 0.337 e. The van der Waals surface area contributed by atoms with Crippen LogP contribution in [0.15, 0.2) is 30.6 Å². The molecule has 2 aliphatic rings. The highest BCUT2D eigenvalue weighted by Gasteiger charge is 2.36. The van der Waals surface area contributed by atoms with E-state index in [4.69, 9.17) is 9.72 Å². The molecular weight excluding hydrogens is 526 g/mol. The highest BCUT2D eigenvalue weighted by atomic mass is 16.5. The van der Waals surface area contributed by atoms with Crippen LogP contribution in [-0.4, -0.2) is 51.3 Å². The summed E-state index contributed by atoms with van der Waals surface area (Å²) in [6.45, 7) is 19.6. The summed E-state index contributed by atoms with van der Waals surface area (Å²) >= 11 is 0. The highest BCUT2D eigenvalue weighted by Crippen LogP contribution is 2.45. The van der Waals surface area contributed by atoms with E-state index in [0.717, 1.165) is 79.5 Å². The Balaban J connectivity index is 1.61. The molecule has 0 spiro atoms. The van der Waals surface area contributed by atoms with Gasteiger partial charge in [-0.15, -0.1) is 0 Å². The molecule has 224 valence electrons. The van der Waals surface area contributed by atoms with Crippen molar-refractivity contribution >= 4 is 17.6 Å². The van der Waals surface area contributed by atoms with Crippen molar-refractivity contribution in [1.29, 1.82) is 0 Å². The lowest BCUT2D eigenvalue weighted by atomic mass is 9.81. The topological polar surface area (TPSA) is 91.7 Å². The number of anilines is 2. The number of fused-ring (bicyclic) bond motifs is 1. The molecule has 42 heavy (non-hydrogen) atoms. The first-order valence-corrected chi connectivity index (χ1v) is 15.0. The van der Waals surface area contributed by atoms with Crippen LogP contribution in [0.4, 0.5) is 11.6 Å². The number of rotatable bonds is 6. The molecule has 4 heterocycles. The second-order valence-corrected chi connectivity index (χ2v) is 13.7. The monoisotopic (exact) mass is 571 g/mol. The Bertz CT molecular complexity index is 1470. The largest absolute Gasteiger partial charge is 0.479 e. The molecular formula is C34H45N5O3. The molecule has 0 radical (unpaired) electrons. The summed E-state index contributed by atoms with van der Waals surface area (Å²) in [4.78, 5) is 31.4. The Kier molecular flexibility index (Phi) is 8.05. The predicted molar refractivity (Wildman–Crippen MR) is 167 cm³/mol. The molecule has 1 unspecified atom stereocenters. The van der Waals surface area contributed by atoms with Crippen LogP contribution in [0.3, 0.4) is 0 Å². The Morgan fingerprint density at radius 1 is 0.976 bits per heavy atom. The normalized spacial score (nSPS) is 17.6. The number of aryl methyl sites for hydroxylation is 3. The molecule has 5 rings (SSSR count). The molecule has 1 saturated heterocycles. The van der Waals surface area contributed by atoms with Crippen molar-refractivity contribution in [2.45, 2.75) is 92.9 Å². The van der Waals surface area contributed by atoms with Gasteiger partial charge in [-0.1, -0.05) is 32.0 Å². The fourth-order valence-electron chi connectivity index (χ4n) is 6.18. The third-order valence-electron chi connectivity index (χ3n) is 8.53. The zero-order chi connectivity index (χ0) is 30.4. The van der Waals surface area contributed by atoms with E-state index in [9.17, 15) is 9.90 Å². The van der Waals surface area contributed by atoms with Gasteiger partial charge in [-0.2, -0.15) is 0 Å². The van der Waals surface area contributed by atoms with Gasteiger partial charge >= 0.3 is 5.97 Å². The molecule has 2 aliphatic heterocycles. The summed E-state index contributed by atoms with van der Waals surface area (Å²) in [5.74, 6) is -0.237. The number of aromatic nitrogens is 3. The number of piperidine rings is 1. The minimum Gasteiger partial charge on any atom is -0.479 e. The Morgan fingerprint density at radius 3 is 2.26 bits per heavy atom. The van der Waals surface area contributed by atoms with Crippen molar-refractivity contribution in [1.82, 2.24) is 15.0 Å². The molecule has 0 amide bonds. The predicted octanol–water partition coefficient (Wildman–Crippen LogP) is 6.59. The fraction of sp³-hybridized carbons (Fsp3) is 0.529. The minimum absolute atomic E-state index is 0.251. The van der Waals surface area contributed by atoms with Crippen LogP contribution < -0.4 is 9.80 Å². The van der Waals surface area contributed by atoms with Crippen molar-refractivity contribution < 1.29 is 14.6 Å². The summed E-state index contributed by atoms with van der Waals surface area (Å²) in [6, 6.07) is 6.65. The van der Waals surface area contributed by atoms with Crippen molar-refractivity contribution in [2.75, 3.05) is 29.4 Å². The number of hydrogen-bond acceptors (Lipinski definition) is 7. The van der Waals surface area contributed by atoms with Crippen LogP contribution >= 0.6 is 0 Å². The number of carbonyl (C=O) groups is 1. The van der Waals surface area contributed by atoms with Gasteiger partial charge in [-0.05, 0) is 88.5 Å². The van der Waals surface area contributed by atoms with Crippen molar-refractivity contribution in [3.63, 3.8) is 0 Å². The first-order valence-electron chi connectivity index (χ1n) is 15.0. The van der Waals surface area contributed by atoms with E-state index in [2.05, 4.69) is 51.8 Å². The maximum absolute atomic E-state index is 12.8. The van der Waals surface area contributed by atoms with E-state index in [1.54, 1.807) is 0 Å². The number of carboxylic acid groups (broad SMARTS) is 1. The zero-order valence-corrected chi connectivity index (χ0v) is 26.4. The number of ether oxygens (including phenoxy) is 1. The molecule has 3 aromatic rings. The molecule has 1 N–H and O–H groups in total. The Hall–Kier alpha value is -3.52. The SMILES string of the molecule is Cc1cnc(N2CCc3cc(-c4c(C)nc(C)c(C(OC(C)(C)C)C(=O)O)c4N4CCC(C)(C)CC4)ccc3C2)nc1. The molecule has 0 bridgehead atoms. The quantitative estimate of drug-likeness (QED) is 0.354. The second kappa shape index (κ2) is 11.3. The molecule has 1 aromatic carbocycles. The van der Waals surface area contributed by atoms with E-state index in [1.165, 1.54) is 11.1 Å². The maximum atomic E-state index is 12.8. The first kappa shape index (κ1) is 30.0. The van der Waals surface area contributed by atoms with Gasteiger partial charge in [0.1, 0.15) is 0 Å². The summed E-state index contributed by atoms with van der Waals surface area (Å²) in [6.07, 6.45) is 5.55. The van der Waals surface area contributed by atoms with Gasteiger partial charge in [0.05, 0.1) is 11.3 Å². The average Bonchev–Trinajstić information content (AvgIpc) is 2.91. The van der Waals surface area contributed by atoms with E-state index in [1.807, 2.05) is 53.9 Å². The number of hydrogen-bond donors (Lipinski definition) is 1. The van der Waals surface area contributed by atoms with Gasteiger partial charge in [0.25, 0.3) is 0 Å². The lowest BCUT2D eigenvalue weighted by Gasteiger charge is -2.41. The van der Waals surface area contributed by atoms with Crippen LogP contribution in [0.1, 0.15) is 87.2 Å². The number of pyridine rings is 1. The van der Waals surface area contributed by atoms with Crippen LogP contribution in [-0.2, 0) is 22.5 Å². The van der Waals surface area contributed by atoms with Gasteiger partial charge in [-0.25, -0.2) is 14.8 Å². The van der Waals surface area contributed by atoms with Crippen molar-refractivity contribution in [3.8, 4) is 11.1 Å². The molecule has 2 aromatic heterocycles. The molecule has 8 heteroatoms. The third kappa shape index (κ3) is 6.28. The second-order valence-electron chi connectivity index (χ2n) is 13.7. The van der Waals surface area contributed by atoms with E-state index < -0.39 is 17.7 Å². The number of nitrogens with zero attached hydrogens (tertiary/aromatic N) is 5. The van der Waals surface area contributed by atoms with Crippen LogP contribution in [0, 0.1) is 26.2 Å².